The van der Waals surface area contributed by atoms with Gasteiger partial charge in [0.1, 0.15) is 11.4 Å². The van der Waals surface area contributed by atoms with Gasteiger partial charge in [0.25, 0.3) is 0 Å². The van der Waals surface area contributed by atoms with Crippen LogP contribution < -0.4 is 5.32 Å². The molecule has 4 heteroatoms. The molecular weight excluding hydrogens is 228 g/mol. The van der Waals surface area contributed by atoms with Crippen LogP contribution in [0.1, 0.15) is 41.4 Å². The molecule has 0 unspecified atom stereocenters. The predicted octanol–water partition coefficient (Wildman–Crippen LogP) is 2.09. The summed E-state index contributed by atoms with van der Waals surface area (Å²) >= 11 is 0. The summed E-state index contributed by atoms with van der Waals surface area (Å²) in [5, 5.41) is 12.2. The van der Waals surface area contributed by atoms with E-state index in [4.69, 9.17) is 0 Å². The van der Waals surface area contributed by atoms with Crippen molar-refractivity contribution >= 4 is 11.8 Å². The first kappa shape index (κ1) is 12.4. The number of aromatic nitrogens is 1. The summed E-state index contributed by atoms with van der Waals surface area (Å²) in [6.07, 6.45) is 4.10. The van der Waals surface area contributed by atoms with Crippen molar-refractivity contribution < 1.29 is 9.90 Å². The van der Waals surface area contributed by atoms with Crippen LogP contribution in [-0.2, 0) is 12.8 Å². The van der Waals surface area contributed by atoms with Gasteiger partial charge >= 0.3 is 5.97 Å². The second-order valence-electron chi connectivity index (χ2n) is 4.28. The molecule has 2 N–H and O–H groups in total. The molecule has 0 aliphatic heterocycles. The highest BCUT2D eigenvalue weighted by molar-refractivity contribution is 5.93. The summed E-state index contributed by atoms with van der Waals surface area (Å²) in [7, 11) is 0. The van der Waals surface area contributed by atoms with Crippen molar-refractivity contribution in [2.75, 3.05) is 11.9 Å². The fourth-order valence-electron chi connectivity index (χ4n) is 2.15. The first-order valence-electron chi connectivity index (χ1n) is 6.12. The van der Waals surface area contributed by atoms with Crippen LogP contribution in [0, 0.1) is 11.8 Å². The molecule has 0 aromatic carbocycles. The van der Waals surface area contributed by atoms with E-state index in [9.17, 15) is 9.90 Å². The molecule has 1 aromatic rings. The minimum Gasteiger partial charge on any atom is -0.478 e. The highest BCUT2D eigenvalue weighted by atomic mass is 16.4. The Kier molecular flexibility index (Phi) is 3.83. The summed E-state index contributed by atoms with van der Waals surface area (Å²) in [6.45, 7) is 2.17. The van der Waals surface area contributed by atoms with Gasteiger partial charge in [0.15, 0.2) is 0 Å². The van der Waals surface area contributed by atoms with Gasteiger partial charge in [-0.15, -0.1) is 5.92 Å². The number of carboxylic acids is 1. The van der Waals surface area contributed by atoms with Crippen LogP contribution in [0.5, 0.6) is 0 Å². The maximum Gasteiger partial charge on any atom is 0.339 e. The third-order valence-corrected chi connectivity index (χ3v) is 3.05. The van der Waals surface area contributed by atoms with Crippen molar-refractivity contribution in [2.45, 2.75) is 32.6 Å². The highest BCUT2D eigenvalue weighted by Crippen LogP contribution is 2.24. The number of rotatable bonds is 3. The molecule has 1 aliphatic carbocycles. The number of nitrogens with zero attached hydrogens (tertiary/aromatic N) is 1. The zero-order valence-electron chi connectivity index (χ0n) is 10.4. The average Bonchev–Trinajstić information content (AvgIpc) is 2.38. The molecule has 4 nitrogen and oxygen atoms in total. The van der Waals surface area contributed by atoms with E-state index >= 15 is 0 Å². The van der Waals surface area contributed by atoms with E-state index in [2.05, 4.69) is 22.1 Å². The van der Waals surface area contributed by atoms with Gasteiger partial charge in [-0.1, -0.05) is 5.92 Å². The number of hydrogen-bond donors (Lipinski definition) is 2. The predicted molar refractivity (Wildman–Crippen MR) is 69.8 cm³/mol. The number of hydrogen-bond acceptors (Lipinski definition) is 3. The normalized spacial score (nSPS) is 13.2. The van der Waals surface area contributed by atoms with Crippen LogP contribution in [-0.4, -0.2) is 22.6 Å². The molecule has 0 saturated carbocycles. The smallest absolute Gasteiger partial charge is 0.339 e. The summed E-state index contributed by atoms with van der Waals surface area (Å²) in [6, 6.07) is 1.76. The van der Waals surface area contributed by atoms with Gasteiger partial charge in [-0.05, 0) is 44.2 Å². The minimum absolute atomic E-state index is 0.244. The molecular formula is C14H16N2O2. The van der Waals surface area contributed by atoms with E-state index in [1.807, 2.05) is 0 Å². The molecule has 94 valence electrons. The van der Waals surface area contributed by atoms with Gasteiger partial charge in [0.2, 0.25) is 0 Å². The number of carboxylic acid groups (broad SMARTS) is 1. The van der Waals surface area contributed by atoms with Crippen molar-refractivity contribution in [1.82, 2.24) is 4.98 Å². The van der Waals surface area contributed by atoms with Crippen LogP contribution >= 0.6 is 0 Å². The molecule has 2 rings (SSSR count). The fourth-order valence-corrected chi connectivity index (χ4v) is 2.15. The standard InChI is InChI=1S/C14H16N2O2/c1-2-3-8-15-13-11(14(17)18)9-10-6-4-5-7-12(10)16-13/h9H,4-8H2,1H3,(H,15,16)(H,17,18). The molecule has 0 atom stereocenters. The van der Waals surface area contributed by atoms with Gasteiger partial charge in [0.05, 0.1) is 6.54 Å². The van der Waals surface area contributed by atoms with Crippen LogP contribution in [0.2, 0.25) is 0 Å². The quantitative estimate of drug-likeness (QED) is 0.799. The molecule has 1 aliphatic rings. The largest absolute Gasteiger partial charge is 0.478 e. The molecule has 1 heterocycles. The molecule has 0 radical (unpaired) electrons. The van der Waals surface area contributed by atoms with Gasteiger partial charge in [-0.25, -0.2) is 9.78 Å². The van der Waals surface area contributed by atoms with E-state index in [0.29, 0.717) is 12.4 Å². The summed E-state index contributed by atoms with van der Waals surface area (Å²) < 4.78 is 0. The van der Waals surface area contributed by atoms with Gasteiger partial charge in [0, 0.05) is 5.69 Å². The average molecular weight is 244 g/mol. The van der Waals surface area contributed by atoms with Crippen LogP contribution in [0.25, 0.3) is 0 Å². The summed E-state index contributed by atoms with van der Waals surface area (Å²) in [5.74, 6) is 5.10. The molecule has 0 bridgehead atoms. The first-order chi connectivity index (χ1) is 8.72. The van der Waals surface area contributed by atoms with Crippen LogP contribution in [0.15, 0.2) is 6.07 Å². The van der Waals surface area contributed by atoms with Gasteiger partial charge in [-0.3, -0.25) is 0 Å². The monoisotopic (exact) mass is 244 g/mol. The Bertz CT molecular complexity index is 527. The number of aryl methyl sites for hydroxylation is 2. The number of pyridine rings is 1. The fraction of sp³-hybridized carbons (Fsp3) is 0.429. The maximum atomic E-state index is 11.2. The topological polar surface area (TPSA) is 62.2 Å². The second-order valence-corrected chi connectivity index (χ2v) is 4.28. The number of carbonyl (C=O) groups is 1. The number of anilines is 1. The molecule has 0 fully saturated rings. The maximum absolute atomic E-state index is 11.2. The zero-order chi connectivity index (χ0) is 13.0. The second kappa shape index (κ2) is 5.54. The molecule has 0 spiro atoms. The van der Waals surface area contributed by atoms with E-state index < -0.39 is 5.97 Å². The lowest BCUT2D eigenvalue weighted by Gasteiger charge is -2.17. The number of fused-ring (bicyclic) bond motifs is 1. The molecule has 0 amide bonds. The third-order valence-electron chi connectivity index (χ3n) is 3.05. The van der Waals surface area contributed by atoms with Crippen LogP contribution in [0.3, 0.4) is 0 Å². The Labute approximate surface area is 106 Å². The minimum atomic E-state index is -0.942. The Morgan fingerprint density at radius 2 is 2.28 bits per heavy atom. The Hall–Kier alpha value is -2.02. The van der Waals surface area contributed by atoms with Crippen molar-refractivity contribution in [3.8, 4) is 11.8 Å². The lowest BCUT2D eigenvalue weighted by Crippen LogP contribution is -2.14. The first-order valence-corrected chi connectivity index (χ1v) is 6.12. The third kappa shape index (κ3) is 2.62. The Morgan fingerprint density at radius 1 is 1.50 bits per heavy atom. The lowest BCUT2D eigenvalue weighted by atomic mass is 9.95. The molecule has 0 saturated heterocycles. The van der Waals surface area contributed by atoms with E-state index in [-0.39, 0.29) is 5.56 Å². The number of nitrogens with one attached hydrogen (secondary N) is 1. The highest BCUT2D eigenvalue weighted by Gasteiger charge is 2.18. The SMILES string of the molecule is CC#CCNc1nc2c(cc1C(=O)O)CCCC2. The van der Waals surface area contributed by atoms with E-state index in [1.165, 1.54) is 0 Å². The summed E-state index contributed by atoms with van der Waals surface area (Å²) in [5.41, 5.74) is 2.34. The van der Waals surface area contributed by atoms with E-state index in [0.717, 1.165) is 36.9 Å². The Balaban J connectivity index is 2.34. The lowest BCUT2D eigenvalue weighted by molar-refractivity contribution is 0.0697. The zero-order valence-corrected chi connectivity index (χ0v) is 10.4. The van der Waals surface area contributed by atoms with Crippen molar-refractivity contribution in [1.29, 1.82) is 0 Å². The van der Waals surface area contributed by atoms with Gasteiger partial charge in [-0.2, -0.15) is 0 Å². The molecule has 1 aromatic heterocycles. The van der Waals surface area contributed by atoms with Gasteiger partial charge < -0.3 is 10.4 Å². The van der Waals surface area contributed by atoms with E-state index in [1.54, 1.807) is 13.0 Å². The number of aromatic carboxylic acids is 1. The Morgan fingerprint density at radius 3 is 3.00 bits per heavy atom. The summed E-state index contributed by atoms with van der Waals surface area (Å²) in [4.78, 5) is 15.7. The van der Waals surface area contributed by atoms with Crippen molar-refractivity contribution in [2.24, 2.45) is 0 Å². The van der Waals surface area contributed by atoms with Crippen molar-refractivity contribution in [3.05, 3.63) is 22.9 Å². The molecule has 18 heavy (non-hydrogen) atoms. The van der Waals surface area contributed by atoms with Crippen molar-refractivity contribution in [3.63, 3.8) is 0 Å². The van der Waals surface area contributed by atoms with Crippen LogP contribution in [0.4, 0.5) is 5.82 Å².